The highest BCUT2D eigenvalue weighted by molar-refractivity contribution is 6.03. The van der Waals surface area contributed by atoms with Crippen molar-refractivity contribution in [1.82, 2.24) is 0 Å². The lowest BCUT2D eigenvalue weighted by molar-refractivity contribution is -0.471. The maximum Gasteiger partial charge on any atom is 0.206 e. The number of halogens is 1. The number of rotatable bonds is 5. The summed E-state index contributed by atoms with van der Waals surface area (Å²) in [5.41, 5.74) is 1.63. The molecule has 0 spiro atoms. The van der Waals surface area contributed by atoms with Gasteiger partial charge in [-0.15, -0.1) is 0 Å². The van der Waals surface area contributed by atoms with Gasteiger partial charge in [0.1, 0.15) is 5.82 Å². The predicted octanol–water partition coefficient (Wildman–Crippen LogP) is 3.69. The van der Waals surface area contributed by atoms with Crippen molar-refractivity contribution in [2.24, 2.45) is 5.16 Å². The van der Waals surface area contributed by atoms with Gasteiger partial charge in [-0.2, -0.15) is 0 Å². The minimum absolute atomic E-state index is 0.171. The fourth-order valence-corrected chi connectivity index (χ4v) is 2.06. The van der Waals surface area contributed by atoms with Crippen LogP contribution in [0.4, 0.5) is 4.39 Å². The highest BCUT2D eigenvalue weighted by Crippen LogP contribution is 2.09. The van der Waals surface area contributed by atoms with E-state index in [9.17, 15) is 9.60 Å². The molecule has 0 saturated heterocycles. The van der Waals surface area contributed by atoms with E-state index in [1.54, 1.807) is 19.1 Å². The molecule has 2 aromatic rings. The standard InChI is InChI=1S/C18H17FN2O2/c1-14(18(20-22)16-9-11-17(19)12-10-16)21(23)13-5-8-15-6-3-2-4-7-15/h2-14,22H,1H3. The van der Waals surface area contributed by atoms with Gasteiger partial charge in [-0.25, -0.2) is 9.13 Å². The van der Waals surface area contributed by atoms with Gasteiger partial charge in [-0.05, 0) is 35.9 Å². The summed E-state index contributed by atoms with van der Waals surface area (Å²) in [6.07, 6.45) is 4.77. The Morgan fingerprint density at radius 3 is 2.43 bits per heavy atom. The van der Waals surface area contributed by atoms with E-state index >= 15 is 0 Å². The van der Waals surface area contributed by atoms with Crippen LogP contribution < -0.4 is 0 Å². The van der Waals surface area contributed by atoms with E-state index in [-0.39, 0.29) is 5.71 Å². The van der Waals surface area contributed by atoms with Crippen LogP contribution in [0.5, 0.6) is 0 Å². The van der Waals surface area contributed by atoms with Crippen molar-refractivity contribution in [2.45, 2.75) is 13.0 Å². The van der Waals surface area contributed by atoms with Gasteiger partial charge in [0.2, 0.25) is 6.04 Å². The molecule has 0 aliphatic rings. The molecule has 5 heteroatoms. The number of hydrogen-bond donors (Lipinski definition) is 1. The fourth-order valence-electron chi connectivity index (χ4n) is 2.06. The van der Waals surface area contributed by atoms with Gasteiger partial charge in [0.15, 0.2) is 11.9 Å². The van der Waals surface area contributed by atoms with Crippen LogP contribution in [0.15, 0.2) is 65.8 Å². The summed E-state index contributed by atoms with van der Waals surface area (Å²) >= 11 is 0. The molecule has 0 heterocycles. The van der Waals surface area contributed by atoms with Gasteiger partial charge in [-0.1, -0.05) is 35.5 Å². The second kappa shape index (κ2) is 7.89. The monoisotopic (exact) mass is 312 g/mol. The van der Waals surface area contributed by atoms with E-state index in [1.807, 2.05) is 30.3 Å². The quantitative estimate of drug-likeness (QED) is 0.301. The predicted molar refractivity (Wildman–Crippen MR) is 89.4 cm³/mol. The van der Waals surface area contributed by atoms with Crippen LogP contribution >= 0.6 is 0 Å². The van der Waals surface area contributed by atoms with Gasteiger partial charge >= 0.3 is 0 Å². The zero-order valence-electron chi connectivity index (χ0n) is 12.6. The zero-order chi connectivity index (χ0) is 16.7. The Morgan fingerprint density at radius 2 is 1.83 bits per heavy atom. The van der Waals surface area contributed by atoms with E-state index in [4.69, 9.17) is 5.21 Å². The first-order valence-electron chi connectivity index (χ1n) is 7.11. The van der Waals surface area contributed by atoms with Gasteiger partial charge in [-0.3, -0.25) is 0 Å². The van der Waals surface area contributed by atoms with Gasteiger partial charge in [0, 0.05) is 18.6 Å². The average Bonchev–Trinajstić information content (AvgIpc) is 2.58. The molecule has 2 rings (SSSR count). The fraction of sp³-hybridized carbons (Fsp3) is 0.111. The molecule has 4 nitrogen and oxygen atoms in total. The van der Waals surface area contributed by atoms with Crippen LogP contribution in [-0.2, 0) is 0 Å². The lowest BCUT2D eigenvalue weighted by Crippen LogP contribution is -2.29. The number of hydrogen-bond acceptors (Lipinski definition) is 3. The number of hydroxylamine groups is 1. The van der Waals surface area contributed by atoms with Gasteiger partial charge < -0.3 is 10.4 Å². The first kappa shape index (κ1) is 16.4. The first-order chi connectivity index (χ1) is 11.1. The van der Waals surface area contributed by atoms with E-state index in [0.717, 1.165) is 5.56 Å². The molecule has 23 heavy (non-hydrogen) atoms. The molecule has 1 N–H and O–H groups in total. The van der Waals surface area contributed by atoms with Crippen LogP contribution in [0, 0.1) is 11.0 Å². The van der Waals surface area contributed by atoms with E-state index < -0.39 is 11.9 Å². The minimum Gasteiger partial charge on any atom is -0.623 e. The normalized spacial score (nSPS) is 14.2. The number of allylic oxidation sites excluding steroid dienone is 1. The highest BCUT2D eigenvalue weighted by atomic mass is 19.1. The molecule has 0 amide bonds. The molecule has 0 aliphatic carbocycles. The number of oxime groups is 1. The summed E-state index contributed by atoms with van der Waals surface area (Å²) in [7, 11) is 0. The van der Waals surface area contributed by atoms with Crippen molar-refractivity contribution in [1.29, 1.82) is 0 Å². The van der Waals surface area contributed by atoms with Gasteiger partial charge in [0.05, 0.1) is 0 Å². The van der Waals surface area contributed by atoms with Crippen molar-refractivity contribution >= 4 is 18.0 Å². The van der Waals surface area contributed by atoms with Gasteiger partial charge in [0.25, 0.3) is 0 Å². The maximum atomic E-state index is 13.0. The number of nitrogens with zero attached hydrogens (tertiary/aromatic N) is 2. The van der Waals surface area contributed by atoms with Crippen LogP contribution in [0.25, 0.3) is 6.08 Å². The Kier molecular flexibility index (Phi) is 5.63. The minimum atomic E-state index is -0.717. The third-order valence-electron chi connectivity index (χ3n) is 3.35. The highest BCUT2D eigenvalue weighted by Gasteiger charge is 2.20. The van der Waals surface area contributed by atoms with Crippen LogP contribution in [0.3, 0.4) is 0 Å². The second-order valence-corrected chi connectivity index (χ2v) is 4.95. The van der Waals surface area contributed by atoms with Crippen molar-refractivity contribution in [2.75, 3.05) is 0 Å². The Balaban J connectivity index is 2.13. The molecular formula is C18H17FN2O2. The van der Waals surface area contributed by atoms with Crippen LogP contribution in [0.1, 0.15) is 18.1 Å². The molecule has 0 fully saturated rings. The summed E-state index contributed by atoms with van der Waals surface area (Å²) in [5, 5.41) is 24.5. The van der Waals surface area contributed by atoms with E-state index in [2.05, 4.69) is 5.16 Å². The third-order valence-corrected chi connectivity index (χ3v) is 3.35. The zero-order valence-corrected chi connectivity index (χ0v) is 12.6. The second-order valence-electron chi connectivity index (χ2n) is 4.95. The topological polar surface area (TPSA) is 58.7 Å². The summed E-state index contributed by atoms with van der Waals surface area (Å²) in [5.74, 6) is -0.393. The summed E-state index contributed by atoms with van der Waals surface area (Å²) < 4.78 is 13.6. The lowest BCUT2D eigenvalue weighted by atomic mass is 10.0. The number of benzene rings is 2. The van der Waals surface area contributed by atoms with Crippen LogP contribution in [-0.4, -0.2) is 27.9 Å². The van der Waals surface area contributed by atoms with E-state index in [1.165, 1.54) is 30.5 Å². The Bertz CT molecular complexity index is 722. The smallest absolute Gasteiger partial charge is 0.206 e. The summed E-state index contributed by atoms with van der Waals surface area (Å²) in [6.45, 7) is 1.61. The van der Waals surface area contributed by atoms with E-state index in [0.29, 0.717) is 10.3 Å². The SMILES string of the molecule is CC(C(=NO)c1ccc(F)cc1)[N+]([O-])=CC=Cc1ccccc1. The molecule has 0 aliphatic heterocycles. The van der Waals surface area contributed by atoms with Crippen molar-refractivity contribution in [3.8, 4) is 0 Å². The summed E-state index contributed by atoms with van der Waals surface area (Å²) in [4.78, 5) is 0. The maximum absolute atomic E-state index is 13.0. The average molecular weight is 312 g/mol. The molecule has 0 bridgehead atoms. The lowest BCUT2D eigenvalue weighted by Gasteiger charge is -2.13. The van der Waals surface area contributed by atoms with Crippen LogP contribution in [0.2, 0.25) is 0 Å². The molecular weight excluding hydrogens is 295 g/mol. The Hall–Kier alpha value is -2.95. The Morgan fingerprint density at radius 1 is 1.17 bits per heavy atom. The van der Waals surface area contributed by atoms with Crippen molar-refractivity contribution in [3.05, 3.63) is 82.8 Å². The molecule has 118 valence electrons. The Labute approximate surface area is 134 Å². The summed E-state index contributed by atoms with van der Waals surface area (Å²) in [6, 6.07) is 14.3. The molecule has 0 radical (unpaired) electrons. The van der Waals surface area contributed by atoms with Crippen molar-refractivity contribution < 1.29 is 14.3 Å². The van der Waals surface area contributed by atoms with Crippen molar-refractivity contribution in [3.63, 3.8) is 0 Å². The molecule has 2 aromatic carbocycles. The molecule has 1 unspecified atom stereocenters. The first-order valence-corrected chi connectivity index (χ1v) is 7.11. The molecule has 0 aromatic heterocycles. The third kappa shape index (κ3) is 4.51. The molecule has 1 atom stereocenters. The largest absolute Gasteiger partial charge is 0.623 e. The molecule has 0 saturated carbocycles.